The molecule has 2 aliphatic heterocycles. The third-order valence-electron chi connectivity index (χ3n) is 7.06. The number of alkyl halides is 3. The van der Waals surface area contributed by atoms with Crippen molar-refractivity contribution >= 4 is 43.5 Å². The lowest BCUT2D eigenvalue weighted by Gasteiger charge is -2.36. The average Bonchev–Trinajstić information content (AvgIpc) is 3.36. The number of piperidine rings is 1. The highest BCUT2D eigenvalue weighted by Crippen LogP contribution is 2.38. The maximum Gasteiger partial charge on any atom is 0.573 e. The summed E-state index contributed by atoms with van der Waals surface area (Å²) < 4.78 is 71.9. The highest BCUT2D eigenvalue weighted by atomic mass is 32.2. The molecule has 0 saturated carbocycles. The summed E-state index contributed by atoms with van der Waals surface area (Å²) in [5.41, 5.74) is 0.0891. The highest BCUT2D eigenvalue weighted by molar-refractivity contribution is 7.87. The number of nitrogens with zero attached hydrogens (tertiary/aromatic N) is 2. The van der Waals surface area contributed by atoms with Gasteiger partial charge in [0, 0.05) is 44.0 Å². The van der Waals surface area contributed by atoms with Crippen LogP contribution in [0.4, 0.5) is 18.3 Å². The van der Waals surface area contributed by atoms with Crippen LogP contribution in [0.2, 0.25) is 0 Å². The first-order valence-electron chi connectivity index (χ1n) is 13.7. The van der Waals surface area contributed by atoms with E-state index in [1.807, 2.05) is 12.1 Å². The summed E-state index contributed by atoms with van der Waals surface area (Å²) >= 11 is 1.50. The van der Waals surface area contributed by atoms with Gasteiger partial charge in [0.25, 0.3) is 0 Å². The van der Waals surface area contributed by atoms with E-state index in [0.29, 0.717) is 62.6 Å². The maximum atomic E-state index is 13.9. The fourth-order valence-corrected chi connectivity index (χ4v) is 7.71. The topological polar surface area (TPSA) is 87.2 Å². The number of fused-ring (bicyclic) bond motifs is 1. The first-order valence-corrected chi connectivity index (χ1v) is 15.7. The van der Waals surface area contributed by atoms with Gasteiger partial charge in [-0.2, -0.15) is 0 Å². The predicted molar refractivity (Wildman–Crippen MR) is 154 cm³/mol. The Labute approximate surface area is 248 Å². The Kier molecular flexibility index (Phi) is 8.73. The maximum absolute atomic E-state index is 13.9. The number of carbonyl (C=O) groups is 1. The Hall–Kier alpha value is -2.90. The summed E-state index contributed by atoms with van der Waals surface area (Å²) in [5, 5.41) is 0.841. The number of carbonyl (C=O) groups excluding carboxylic acids is 1. The number of benzene rings is 2. The molecule has 13 heteroatoms. The molecule has 42 heavy (non-hydrogen) atoms. The van der Waals surface area contributed by atoms with E-state index >= 15 is 0 Å². The first kappa shape index (κ1) is 30.6. The highest BCUT2D eigenvalue weighted by Gasteiger charge is 2.49. The average molecular weight is 627 g/mol. The van der Waals surface area contributed by atoms with E-state index in [-0.39, 0.29) is 11.9 Å². The molecule has 0 N–H and O–H groups in total. The number of thiazole rings is 1. The van der Waals surface area contributed by atoms with Gasteiger partial charge in [0.1, 0.15) is 23.2 Å². The second kappa shape index (κ2) is 12.0. The van der Waals surface area contributed by atoms with Gasteiger partial charge >= 0.3 is 12.3 Å². The van der Waals surface area contributed by atoms with Gasteiger partial charge in [-0.3, -0.25) is 9.00 Å². The van der Waals surface area contributed by atoms with Crippen LogP contribution >= 0.6 is 11.3 Å². The molecule has 2 aromatic carbocycles. The third-order valence-corrected chi connectivity index (χ3v) is 10.1. The molecule has 0 spiro atoms. The van der Waals surface area contributed by atoms with Gasteiger partial charge in [0.05, 0.1) is 21.0 Å². The number of anilines is 1. The zero-order chi connectivity index (χ0) is 30.1. The van der Waals surface area contributed by atoms with Gasteiger partial charge in [-0.15, -0.1) is 13.2 Å². The minimum absolute atomic E-state index is 0.0810. The Morgan fingerprint density at radius 2 is 1.69 bits per heavy atom. The Balaban J connectivity index is 1.24. The van der Waals surface area contributed by atoms with E-state index in [9.17, 15) is 22.2 Å². The van der Waals surface area contributed by atoms with Crippen molar-refractivity contribution < 1.29 is 41.1 Å². The Morgan fingerprint density at radius 1 is 1.05 bits per heavy atom. The number of hydrogen-bond acceptors (Lipinski definition) is 9. The normalized spacial score (nSPS) is 19.0. The van der Waals surface area contributed by atoms with Gasteiger partial charge < -0.3 is 23.8 Å². The van der Waals surface area contributed by atoms with Gasteiger partial charge in [0.15, 0.2) is 9.88 Å². The molecule has 1 atom stereocenters. The van der Waals surface area contributed by atoms with E-state index in [1.54, 1.807) is 26.8 Å². The largest absolute Gasteiger partial charge is 0.573 e. The number of esters is 1. The van der Waals surface area contributed by atoms with E-state index in [4.69, 9.17) is 19.2 Å². The van der Waals surface area contributed by atoms with Crippen LogP contribution in [-0.2, 0) is 25.1 Å². The summed E-state index contributed by atoms with van der Waals surface area (Å²) in [6, 6.07) is 10.9. The van der Waals surface area contributed by atoms with Gasteiger partial charge in [-0.25, -0.2) is 4.98 Å². The molecule has 3 aromatic rings. The monoisotopic (exact) mass is 626 g/mol. The van der Waals surface area contributed by atoms with Crippen molar-refractivity contribution in [2.75, 3.05) is 31.2 Å². The van der Waals surface area contributed by atoms with E-state index in [0.717, 1.165) is 15.3 Å². The van der Waals surface area contributed by atoms with Gasteiger partial charge in [0.2, 0.25) is 0 Å². The van der Waals surface area contributed by atoms with Crippen LogP contribution in [0.5, 0.6) is 11.5 Å². The van der Waals surface area contributed by atoms with E-state index in [1.165, 1.54) is 35.6 Å². The van der Waals surface area contributed by atoms with Crippen LogP contribution in [0.15, 0.2) is 47.4 Å². The van der Waals surface area contributed by atoms with Crippen LogP contribution in [-0.4, -0.2) is 64.3 Å². The zero-order valence-corrected chi connectivity index (χ0v) is 25.2. The quantitative estimate of drug-likeness (QED) is 0.285. The molecule has 2 fully saturated rings. The van der Waals surface area contributed by atoms with Crippen molar-refractivity contribution in [2.45, 2.75) is 74.2 Å². The summed E-state index contributed by atoms with van der Waals surface area (Å²) in [4.78, 5) is 20.8. The second-order valence-electron chi connectivity index (χ2n) is 11.3. The summed E-state index contributed by atoms with van der Waals surface area (Å²) in [5.74, 6) is -0.269. The molecule has 1 unspecified atom stereocenters. The summed E-state index contributed by atoms with van der Waals surface area (Å²) in [6.07, 6.45) is -2.74. The third kappa shape index (κ3) is 7.17. The van der Waals surface area contributed by atoms with Crippen molar-refractivity contribution in [3.8, 4) is 11.5 Å². The Bertz CT molecular complexity index is 1420. The standard InChI is InChI=1S/C29H33F3N2O6S2/c1-27(2,3)40-25(35)28(12-16-37-17-13-28)42(36)22-8-9-23-24(18-22)41-26(33-23)34-14-10-20(11-15-34)38-19-4-6-21(7-5-19)39-29(30,31)32/h4-9,18,20H,10-17H2,1-3H3. The molecular weight excluding hydrogens is 593 g/mol. The number of halogens is 3. The van der Waals surface area contributed by atoms with Crippen LogP contribution in [0.1, 0.15) is 46.5 Å². The molecule has 2 aliphatic rings. The van der Waals surface area contributed by atoms with Crippen LogP contribution in [0, 0.1) is 0 Å². The molecule has 228 valence electrons. The van der Waals surface area contributed by atoms with Crippen LogP contribution in [0.3, 0.4) is 0 Å². The SMILES string of the molecule is CC(C)(C)OC(=O)C1(S(=O)c2ccc3nc(N4CCC(Oc5ccc(OC(F)(F)F)cc5)CC4)sc3c2)CCOCC1. The van der Waals surface area contributed by atoms with Crippen molar-refractivity contribution in [1.29, 1.82) is 0 Å². The van der Waals surface area contributed by atoms with E-state index < -0.39 is 33.5 Å². The smallest absolute Gasteiger partial charge is 0.490 e. The van der Waals surface area contributed by atoms with Gasteiger partial charge in [-0.05, 0) is 76.1 Å². The minimum atomic E-state index is -4.73. The van der Waals surface area contributed by atoms with Crippen LogP contribution < -0.4 is 14.4 Å². The van der Waals surface area contributed by atoms with Crippen LogP contribution in [0.25, 0.3) is 10.2 Å². The number of aromatic nitrogens is 1. The number of ether oxygens (including phenoxy) is 4. The second-order valence-corrected chi connectivity index (χ2v) is 14.1. The van der Waals surface area contributed by atoms with Crippen molar-refractivity contribution in [3.63, 3.8) is 0 Å². The minimum Gasteiger partial charge on any atom is -0.490 e. The lowest BCUT2D eigenvalue weighted by atomic mass is 9.99. The molecule has 0 amide bonds. The van der Waals surface area contributed by atoms with Gasteiger partial charge in [-0.1, -0.05) is 11.3 Å². The molecule has 1 aromatic heterocycles. The molecule has 0 bridgehead atoms. The molecule has 0 radical (unpaired) electrons. The Morgan fingerprint density at radius 3 is 2.31 bits per heavy atom. The predicted octanol–water partition coefficient (Wildman–Crippen LogP) is 6.24. The molecule has 5 rings (SSSR count). The van der Waals surface area contributed by atoms with Crippen molar-refractivity contribution in [2.24, 2.45) is 0 Å². The number of hydrogen-bond donors (Lipinski definition) is 0. The summed E-state index contributed by atoms with van der Waals surface area (Å²) in [6.45, 7) is 7.48. The lowest BCUT2D eigenvalue weighted by molar-refractivity contribution is -0.274. The zero-order valence-electron chi connectivity index (χ0n) is 23.6. The first-order chi connectivity index (χ1) is 19.8. The lowest BCUT2D eigenvalue weighted by Crippen LogP contribution is -2.50. The summed E-state index contributed by atoms with van der Waals surface area (Å²) in [7, 11) is -1.65. The molecule has 0 aliphatic carbocycles. The molecule has 2 saturated heterocycles. The molecule has 8 nitrogen and oxygen atoms in total. The fourth-order valence-electron chi connectivity index (χ4n) is 4.98. The fraction of sp³-hybridized carbons (Fsp3) is 0.517. The molecule has 3 heterocycles. The van der Waals surface area contributed by atoms with Crippen molar-refractivity contribution in [1.82, 2.24) is 4.98 Å². The van der Waals surface area contributed by atoms with E-state index in [2.05, 4.69) is 9.64 Å². The molecular formula is C29H33F3N2O6S2. The van der Waals surface area contributed by atoms with Crippen molar-refractivity contribution in [3.05, 3.63) is 42.5 Å². The number of rotatable bonds is 7.